The molecule has 2 N–H and O–H groups in total. The van der Waals surface area contributed by atoms with E-state index >= 15 is 0 Å². The molecule has 0 aliphatic heterocycles. The van der Waals surface area contributed by atoms with Gasteiger partial charge in [0.15, 0.2) is 0 Å². The van der Waals surface area contributed by atoms with Crippen molar-refractivity contribution in [3.8, 4) is 0 Å². The molecule has 21 heavy (non-hydrogen) atoms. The lowest BCUT2D eigenvalue weighted by atomic mass is 10.2. The van der Waals surface area contributed by atoms with E-state index < -0.39 is 10.0 Å². The smallest absolute Gasteiger partial charge is 0.238 e. The third-order valence-corrected chi connectivity index (χ3v) is 4.35. The van der Waals surface area contributed by atoms with Gasteiger partial charge in [-0.2, -0.15) is 0 Å². The van der Waals surface area contributed by atoms with Crippen LogP contribution in [0.2, 0.25) is 5.02 Å². The molecule has 0 fully saturated rings. The molecule has 0 unspecified atom stereocenters. The molecule has 0 bridgehead atoms. The number of hydrogen-bond acceptors (Lipinski definition) is 3. The maximum Gasteiger partial charge on any atom is 0.238 e. The highest BCUT2D eigenvalue weighted by molar-refractivity contribution is 7.89. The van der Waals surface area contributed by atoms with Crippen LogP contribution in [0.15, 0.2) is 53.7 Å². The van der Waals surface area contributed by atoms with Gasteiger partial charge in [-0.05, 0) is 35.9 Å². The predicted molar refractivity (Wildman–Crippen MR) is 81.7 cm³/mol. The van der Waals surface area contributed by atoms with Crippen molar-refractivity contribution < 1.29 is 8.42 Å². The summed E-state index contributed by atoms with van der Waals surface area (Å²) >= 11 is 5.86. The number of nitrogens with zero attached hydrogens (tertiary/aromatic N) is 2. The Morgan fingerprint density at radius 2 is 1.86 bits per heavy atom. The van der Waals surface area contributed by atoms with Crippen LogP contribution in [0.5, 0.6) is 0 Å². The molecule has 0 aliphatic carbocycles. The van der Waals surface area contributed by atoms with E-state index in [9.17, 15) is 8.42 Å². The lowest BCUT2D eigenvalue weighted by molar-refractivity contribution is 0.598. The van der Waals surface area contributed by atoms with Crippen molar-refractivity contribution in [2.75, 3.05) is 0 Å². The molecule has 1 heterocycles. The van der Waals surface area contributed by atoms with Gasteiger partial charge >= 0.3 is 0 Å². The normalized spacial score (nSPS) is 11.9. The van der Waals surface area contributed by atoms with Gasteiger partial charge in [0.05, 0.1) is 22.3 Å². The number of aromatic nitrogens is 2. The van der Waals surface area contributed by atoms with Gasteiger partial charge < -0.3 is 4.57 Å². The highest BCUT2D eigenvalue weighted by Crippen LogP contribution is 2.19. The minimum Gasteiger partial charge on any atom is -0.326 e. The topological polar surface area (TPSA) is 78.0 Å². The first-order valence-electron chi connectivity index (χ1n) is 6.15. The van der Waals surface area contributed by atoms with Crippen molar-refractivity contribution >= 4 is 32.7 Å². The molecule has 0 saturated heterocycles. The summed E-state index contributed by atoms with van der Waals surface area (Å²) < 4.78 is 24.6. The molecular weight excluding hydrogens is 310 g/mol. The van der Waals surface area contributed by atoms with Gasteiger partial charge in [-0.1, -0.05) is 23.7 Å². The molecule has 2 aromatic carbocycles. The van der Waals surface area contributed by atoms with E-state index in [0.717, 1.165) is 11.1 Å². The van der Waals surface area contributed by atoms with Crippen molar-refractivity contribution in [3.63, 3.8) is 0 Å². The molecule has 0 radical (unpaired) electrons. The lowest BCUT2D eigenvalue weighted by Crippen LogP contribution is -2.11. The van der Waals surface area contributed by atoms with Crippen LogP contribution in [0, 0.1) is 0 Å². The summed E-state index contributed by atoms with van der Waals surface area (Å²) in [7, 11) is -3.71. The zero-order valence-corrected chi connectivity index (χ0v) is 12.5. The summed E-state index contributed by atoms with van der Waals surface area (Å²) in [6.07, 6.45) is 1.67. The van der Waals surface area contributed by atoms with Crippen LogP contribution in [-0.4, -0.2) is 18.0 Å². The Hall–Kier alpha value is -1.89. The van der Waals surface area contributed by atoms with E-state index in [1.807, 2.05) is 28.8 Å². The quantitative estimate of drug-likeness (QED) is 0.804. The molecule has 3 rings (SSSR count). The van der Waals surface area contributed by atoms with E-state index in [1.165, 1.54) is 12.1 Å². The molecule has 5 nitrogen and oxygen atoms in total. The Morgan fingerprint density at radius 3 is 2.52 bits per heavy atom. The first-order valence-corrected chi connectivity index (χ1v) is 8.08. The minimum absolute atomic E-state index is 0.0618. The summed E-state index contributed by atoms with van der Waals surface area (Å²) in [6.45, 7) is 0.627. The first kappa shape index (κ1) is 14.1. The second-order valence-corrected chi connectivity index (χ2v) is 6.69. The number of sulfonamides is 1. The molecule has 0 aliphatic rings. The molecule has 1 aromatic heterocycles. The van der Waals surface area contributed by atoms with E-state index in [0.29, 0.717) is 17.1 Å². The second-order valence-electron chi connectivity index (χ2n) is 4.69. The molecule has 3 aromatic rings. The zero-order valence-electron chi connectivity index (χ0n) is 10.9. The Morgan fingerprint density at radius 1 is 1.14 bits per heavy atom. The molecule has 0 spiro atoms. The second kappa shape index (κ2) is 5.14. The van der Waals surface area contributed by atoms with Crippen LogP contribution >= 0.6 is 11.6 Å². The first-order chi connectivity index (χ1) is 9.93. The average Bonchev–Trinajstić information content (AvgIpc) is 2.83. The van der Waals surface area contributed by atoms with Crippen molar-refractivity contribution in [1.82, 2.24) is 9.55 Å². The number of fused-ring (bicyclic) bond motifs is 1. The Bertz CT molecular complexity index is 902. The van der Waals surface area contributed by atoms with Gasteiger partial charge in [0, 0.05) is 11.6 Å². The van der Waals surface area contributed by atoms with Gasteiger partial charge in [-0.3, -0.25) is 0 Å². The van der Waals surface area contributed by atoms with Crippen molar-refractivity contribution in [1.29, 1.82) is 0 Å². The standard InChI is InChI=1S/C14H12ClN3O2S/c15-11-3-1-10(2-4-11)8-18-9-17-13-7-12(21(16,19)20)5-6-14(13)18/h1-7,9H,8H2,(H2,16,19,20). The molecular formula is C14H12ClN3O2S. The number of halogens is 1. The highest BCUT2D eigenvalue weighted by atomic mass is 35.5. The summed E-state index contributed by atoms with van der Waals surface area (Å²) in [5.41, 5.74) is 2.52. The van der Waals surface area contributed by atoms with Crippen LogP contribution < -0.4 is 5.14 Å². The third-order valence-electron chi connectivity index (χ3n) is 3.19. The fourth-order valence-electron chi connectivity index (χ4n) is 2.13. The molecule has 0 amide bonds. The van der Waals surface area contributed by atoms with Crippen LogP contribution in [0.4, 0.5) is 0 Å². The fraction of sp³-hybridized carbons (Fsp3) is 0.0714. The number of hydrogen-bond donors (Lipinski definition) is 1. The van der Waals surface area contributed by atoms with E-state index in [4.69, 9.17) is 16.7 Å². The largest absolute Gasteiger partial charge is 0.326 e. The number of primary sulfonamides is 1. The molecule has 0 saturated carbocycles. The van der Waals surface area contributed by atoms with Gasteiger partial charge in [0.25, 0.3) is 0 Å². The van der Waals surface area contributed by atoms with Crippen molar-refractivity contribution in [2.24, 2.45) is 5.14 Å². The van der Waals surface area contributed by atoms with Gasteiger partial charge in [0.2, 0.25) is 10.0 Å². The molecule has 0 atom stereocenters. The average molecular weight is 322 g/mol. The Kier molecular flexibility index (Phi) is 3.44. The van der Waals surface area contributed by atoms with Crippen molar-refractivity contribution in [2.45, 2.75) is 11.4 Å². The predicted octanol–water partition coefficient (Wildman–Crippen LogP) is 2.39. The van der Waals surface area contributed by atoms with E-state index in [1.54, 1.807) is 12.4 Å². The van der Waals surface area contributed by atoms with Gasteiger partial charge in [0.1, 0.15) is 0 Å². The minimum atomic E-state index is -3.71. The van der Waals surface area contributed by atoms with E-state index in [-0.39, 0.29) is 4.90 Å². The van der Waals surface area contributed by atoms with Crippen LogP contribution in [0.25, 0.3) is 11.0 Å². The summed E-state index contributed by atoms with van der Waals surface area (Å²) in [5, 5.41) is 5.80. The Labute approximate surface area is 127 Å². The number of benzene rings is 2. The Balaban J connectivity index is 1.99. The van der Waals surface area contributed by atoms with Gasteiger partial charge in [-0.15, -0.1) is 0 Å². The van der Waals surface area contributed by atoms with Crippen molar-refractivity contribution in [3.05, 3.63) is 59.4 Å². The summed E-state index contributed by atoms with van der Waals surface area (Å²) in [4.78, 5) is 4.29. The maximum absolute atomic E-state index is 11.3. The fourth-order valence-corrected chi connectivity index (χ4v) is 2.79. The lowest BCUT2D eigenvalue weighted by Gasteiger charge is -2.05. The third kappa shape index (κ3) is 2.92. The summed E-state index contributed by atoms with van der Waals surface area (Å²) in [6, 6.07) is 12.2. The zero-order chi connectivity index (χ0) is 15.0. The SMILES string of the molecule is NS(=O)(=O)c1ccc2c(c1)ncn2Cc1ccc(Cl)cc1. The number of rotatable bonds is 3. The monoisotopic (exact) mass is 321 g/mol. The van der Waals surface area contributed by atoms with Crippen LogP contribution in [-0.2, 0) is 16.6 Å². The van der Waals surface area contributed by atoms with E-state index in [2.05, 4.69) is 4.98 Å². The number of imidazole rings is 1. The maximum atomic E-state index is 11.3. The molecule has 108 valence electrons. The molecule has 7 heteroatoms. The summed E-state index contributed by atoms with van der Waals surface area (Å²) in [5.74, 6) is 0. The van der Waals surface area contributed by atoms with Crippen LogP contribution in [0.1, 0.15) is 5.56 Å². The van der Waals surface area contributed by atoms with Gasteiger partial charge in [-0.25, -0.2) is 18.5 Å². The number of nitrogens with two attached hydrogens (primary N) is 1. The highest BCUT2D eigenvalue weighted by Gasteiger charge is 2.11. The van der Waals surface area contributed by atoms with Crippen LogP contribution in [0.3, 0.4) is 0 Å².